The molecule has 1 aromatic heterocycles. The van der Waals surface area contributed by atoms with Crippen molar-refractivity contribution in [2.75, 3.05) is 0 Å². The number of carboxylic acids is 1. The summed E-state index contributed by atoms with van der Waals surface area (Å²) in [6, 6.07) is 13.1. The summed E-state index contributed by atoms with van der Waals surface area (Å²) in [4.78, 5) is 15.8. The van der Waals surface area contributed by atoms with Gasteiger partial charge in [-0.05, 0) is 43.7 Å². The Morgan fingerprint density at radius 2 is 1.85 bits per heavy atom. The molecule has 0 aliphatic heterocycles. The summed E-state index contributed by atoms with van der Waals surface area (Å²) in [7, 11) is 0. The maximum Gasteiger partial charge on any atom is 0.336 e. The van der Waals surface area contributed by atoms with E-state index in [4.69, 9.17) is 0 Å². The molecule has 4 heteroatoms. The van der Waals surface area contributed by atoms with Crippen molar-refractivity contribution in [3.05, 3.63) is 59.4 Å². The maximum absolute atomic E-state index is 11.3. The van der Waals surface area contributed by atoms with Crippen molar-refractivity contribution in [1.29, 1.82) is 0 Å². The minimum absolute atomic E-state index is 0.319. The van der Waals surface area contributed by atoms with E-state index in [1.54, 1.807) is 12.1 Å². The van der Waals surface area contributed by atoms with E-state index in [0.29, 0.717) is 5.56 Å². The molecule has 0 spiro atoms. The van der Waals surface area contributed by atoms with Crippen LogP contribution < -0.4 is 0 Å². The van der Waals surface area contributed by atoms with E-state index in [2.05, 4.69) is 4.98 Å². The number of hydrogen-bond donors (Lipinski definition) is 1. The Kier molecular flexibility index (Phi) is 2.79. The number of rotatable bonds is 2. The van der Waals surface area contributed by atoms with E-state index in [9.17, 15) is 9.90 Å². The Morgan fingerprint density at radius 1 is 1.10 bits per heavy atom. The molecule has 0 saturated heterocycles. The number of imidazole rings is 1. The number of carbonyl (C=O) groups is 1. The van der Waals surface area contributed by atoms with Crippen LogP contribution in [0, 0.1) is 13.8 Å². The summed E-state index contributed by atoms with van der Waals surface area (Å²) in [6.07, 6.45) is 0. The number of nitrogens with zero attached hydrogens (tertiary/aromatic N) is 2. The lowest BCUT2D eigenvalue weighted by Crippen LogP contribution is -2.05. The maximum atomic E-state index is 11.3. The van der Waals surface area contributed by atoms with Crippen LogP contribution in [0.15, 0.2) is 42.5 Å². The second-order valence-corrected chi connectivity index (χ2v) is 4.74. The van der Waals surface area contributed by atoms with Crippen molar-refractivity contribution in [2.24, 2.45) is 0 Å². The first kappa shape index (κ1) is 12.4. The molecule has 0 fully saturated rings. The van der Waals surface area contributed by atoms with Crippen molar-refractivity contribution in [3.63, 3.8) is 0 Å². The third-order valence-corrected chi connectivity index (χ3v) is 3.51. The zero-order chi connectivity index (χ0) is 14.3. The second kappa shape index (κ2) is 4.49. The molecule has 0 radical (unpaired) electrons. The minimum Gasteiger partial charge on any atom is -0.478 e. The number of fused-ring (bicyclic) bond motifs is 1. The van der Waals surface area contributed by atoms with Crippen molar-refractivity contribution < 1.29 is 9.90 Å². The van der Waals surface area contributed by atoms with Crippen LogP contribution in [-0.4, -0.2) is 20.6 Å². The summed E-state index contributed by atoms with van der Waals surface area (Å²) in [5.74, 6) is -0.0664. The number of hydrogen-bond acceptors (Lipinski definition) is 2. The quantitative estimate of drug-likeness (QED) is 0.774. The number of aromatic nitrogens is 2. The Labute approximate surface area is 116 Å². The van der Waals surface area contributed by atoms with Gasteiger partial charge in [-0.3, -0.25) is 4.57 Å². The molecule has 0 aliphatic rings. The molecule has 0 amide bonds. The third-order valence-electron chi connectivity index (χ3n) is 3.51. The first-order valence-corrected chi connectivity index (χ1v) is 6.37. The summed E-state index contributed by atoms with van der Waals surface area (Å²) >= 11 is 0. The Hall–Kier alpha value is -2.62. The summed E-state index contributed by atoms with van der Waals surface area (Å²) in [6.45, 7) is 3.75. The Morgan fingerprint density at radius 3 is 2.60 bits per heavy atom. The fourth-order valence-electron chi connectivity index (χ4n) is 2.55. The van der Waals surface area contributed by atoms with Crippen LogP contribution in [0.5, 0.6) is 0 Å². The zero-order valence-corrected chi connectivity index (χ0v) is 11.3. The van der Waals surface area contributed by atoms with Gasteiger partial charge in [0.25, 0.3) is 0 Å². The van der Waals surface area contributed by atoms with Crippen molar-refractivity contribution in [2.45, 2.75) is 13.8 Å². The van der Waals surface area contributed by atoms with Crippen molar-refractivity contribution in [1.82, 2.24) is 9.55 Å². The van der Waals surface area contributed by atoms with Crippen LogP contribution in [0.3, 0.4) is 0 Å². The van der Waals surface area contributed by atoms with Gasteiger partial charge in [0.2, 0.25) is 0 Å². The highest BCUT2D eigenvalue weighted by molar-refractivity contribution is 5.91. The monoisotopic (exact) mass is 266 g/mol. The molecule has 0 unspecified atom stereocenters. The topological polar surface area (TPSA) is 55.1 Å². The predicted molar refractivity (Wildman–Crippen MR) is 77.5 cm³/mol. The van der Waals surface area contributed by atoms with Crippen LogP contribution in [0.2, 0.25) is 0 Å². The van der Waals surface area contributed by atoms with E-state index in [1.165, 1.54) is 0 Å². The van der Waals surface area contributed by atoms with Crippen LogP contribution in [0.1, 0.15) is 21.7 Å². The molecular weight excluding hydrogens is 252 g/mol. The van der Waals surface area contributed by atoms with Gasteiger partial charge in [0.05, 0.1) is 22.3 Å². The van der Waals surface area contributed by atoms with Gasteiger partial charge < -0.3 is 5.11 Å². The molecule has 20 heavy (non-hydrogen) atoms. The average molecular weight is 266 g/mol. The van der Waals surface area contributed by atoms with E-state index < -0.39 is 5.97 Å². The molecule has 1 heterocycles. The molecule has 3 aromatic rings. The largest absolute Gasteiger partial charge is 0.478 e. The van der Waals surface area contributed by atoms with E-state index in [0.717, 1.165) is 28.1 Å². The van der Waals surface area contributed by atoms with Crippen LogP contribution in [0.25, 0.3) is 16.7 Å². The third kappa shape index (κ3) is 1.77. The lowest BCUT2D eigenvalue weighted by Gasteiger charge is -2.12. The van der Waals surface area contributed by atoms with Crippen molar-refractivity contribution >= 4 is 17.0 Å². The first-order valence-electron chi connectivity index (χ1n) is 6.37. The summed E-state index contributed by atoms with van der Waals surface area (Å²) in [5, 5.41) is 9.25. The second-order valence-electron chi connectivity index (χ2n) is 4.74. The molecule has 1 N–H and O–H groups in total. The number of benzene rings is 2. The molecule has 2 aromatic carbocycles. The van der Waals surface area contributed by atoms with Gasteiger partial charge in [0.1, 0.15) is 5.82 Å². The van der Waals surface area contributed by atoms with Gasteiger partial charge in [0, 0.05) is 0 Å². The minimum atomic E-state index is -0.911. The Bertz CT molecular complexity index is 818. The summed E-state index contributed by atoms with van der Waals surface area (Å²) in [5.41, 5.74) is 3.81. The number of aromatic carboxylic acids is 1. The lowest BCUT2D eigenvalue weighted by molar-refractivity contribution is 0.0696. The van der Waals surface area contributed by atoms with Gasteiger partial charge in [-0.15, -0.1) is 0 Å². The molecule has 0 atom stereocenters. The number of aryl methyl sites for hydroxylation is 1. The lowest BCUT2D eigenvalue weighted by atomic mass is 10.1. The molecule has 3 rings (SSSR count). The van der Waals surface area contributed by atoms with Crippen LogP contribution >= 0.6 is 0 Å². The number of carboxylic acid groups (broad SMARTS) is 1. The van der Waals surface area contributed by atoms with E-state index >= 15 is 0 Å². The van der Waals surface area contributed by atoms with Gasteiger partial charge in [-0.2, -0.15) is 0 Å². The zero-order valence-electron chi connectivity index (χ0n) is 11.3. The Balaban J connectivity index is 2.34. The van der Waals surface area contributed by atoms with Gasteiger partial charge >= 0.3 is 5.97 Å². The van der Waals surface area contributed by atoms with Crippen LogP contribution in [-0.2, 0) is 0 Å². The van der Waals surface area contributed by atoms with Gasteiger partial charge in [-0.25, -0.2) is 9.78 Å². The molecular formula is C16H14N2O2. The predicted octanol–water partition coefficient (Wildman–Crippen LogP) is 3.34. The fraction of sp³-hybridized carbons (Fsp3) is 0.125. The fourth-order valence-corrected chi connectivity index (χ4v) is 2.55. The molecule has 4 nitrogen and oxygen atoms in total. The van der Waals surface area contributed by atoms with Crippen LogP contribution in [0.4, 0.5) is 0 Å². The standard InChI is InChI=1S/C16H14N2O2/c1-10-12(16(19)20)6-5-9-14(10)18-11(2)17-13-7-3-4-8-15(13)18/h3-9H,1-2H3,(H,19,20). The van der Waals surface area contributed by atoms with E-state index in [-0.39, 0.29) is 0 Å². The first-order chi connectivity index (χ1) is 9.59. The molecule has 100 valence electrons. The van der Waals surface area contributed by atoms with Gasteiger partial charge in [-0.1, -0.05) is 18.2 Å². The normalized spacial score (nSPS) is 10.9. The molecule has 0 bridgehead atoms. The van der Waals surface area contributed by atoms with Crippen molar-refractivity contribution in [3.8, 4) is 5.69 Å². The summed E-state index contributed by atoms with van der Waals surface area (Å²) < 4.78 is 2.00. The highest BCUT2D eigenvalue weighted by Gasteiger charge is 2.15. The molecule has 0 saturated carbocycles. The highest BCUT2D eigenvalue weighted by Crippen LogP contribution is 2.25. The average Bonchev–Trinajstić information content (AvgIpc) is 2.75. The highest BCUT2D eigenvalue weighted by atomic mass is 16.4. The van der Waals surface area contributed by atoms with E-state index in [1.807, 2.05) is 48.7 Å². The van der Waals surface area contributed by atoms with Gasteiger partial charge in [0.15, 0.2) is 0 Å². The number of para-hydroxylation sites is 2. The SMILES string of the molecule is Cc1c(C(=O)O)cccc1-n1c(C)nc2ccccc21. The molecule has 0 aliphatic carbocycles. The smallest absolute Gasteiger partial charge is 0.336 e.